The molecule has 0 saturated heterocycles. The van der Waals surface area contributed by atoms with Gasteiger partial charge in [-0.15, -0.1) is 0 Å². The van der Waals surface area contributed by atoms with E-state index >= 15 is 0 Å². The lowest BCUT2D eigenvalue weighted by molar-refractivity contribution is 0.0770. The van der Waals surface area contributed by atoms with Gasteiger partial charge in [-0.3, -0.25) is 9.59 Å². The van der Waals surface area contributed by atoms with Gasteiger partial charge in [-0.2, -0.15) is 0 Å². The van der Waals surface area contributed by atoms with Crippen LogP contribution in [0.25, 0.3) is 0 Å². The first-order valence-electron chi connectivity index (χ1n) is 7.62. The molecule has 22 heavy (non-hydrogen) atoms. The Hall–Kier alpha value is -2.48. The van der Waals surface area contributed by atoms with Crippen molar-refractivity contribution in [2.75, 3.05) is 0 Å². The predicted octanol–water partition coefficient (Wildman–Crippen LogP) is 4.33. The van der Waals surface area contributed by atoms with E-state index in [2.05, 4.69) is 6.08 Å². The maximum atomic E-state index is 12.9. The van der Waals surface area contributed by atoms with E-state index in [4.69, 9.17) is 0 Å². The van der Waals surface area contributed by atoms with Crippen LogP contribution in [0.4, 0.5) is 0 Å². The molecule has 0 radical (unpaired) electrons. The lowest BCUT2D eigenvalue weighted by atomic mass is 9.80. The van der Waals surface area contributed by atoms with Crippen LogP contribution in [0.1, 0.15) is 33.6 Å². The van der Waals surface area contributed by atoms with Crippen LogP contribution in [0.3, 0.4) is 0 Å². The molecule has 1 aliphatic carbocycles. The second kappa shape index (κ2) is 6.52. The third-order valence-electron chi connectivity index (χ3n) is 4.16. The van der Waals surface area contributed by atoms with Crippen molar-refractivity contribution in [2.24, 2.45) is 11.8 Å². The predicted molar refractivity (Wildman–Crippen MR) is 86.9 cm³/mol. The second-order valence-electron chi connectivity index (χ2n) is 5.61. The van der Waals surface area contributed by atoms with E-state index in [9.17, 15) is 9.59 Å². The van der Waals surface area contributed by atoms with Gasteiger partial charge in [0.2, 0.25) is 0 Å². The highest BCUT2D eigenvalue weighted by Crippen LogP contribution is 2.30. The Labute approximate surface area is 130 Å². The second-order valence-corrected chi connectivity index (χ2v) is 5.61. The normalized spacial score (nSPS) is 16.9. The SMILES string of the molecule is O=C(c1ccccc1)C(C(=O)c1ccccc1)C1C=CCC1. The van der Waals surface area contributed by atoms with E-state index < -0.39 is 5.92 Å². The molecule has 0 aliphatic heterocycles. The molecule has 110 valence electrons. The molecule has 2 nitrogen and oxygen atoms in total. The lowest BCUT2D eigenvalue weighted by Crippen LogP contribution is -2.30. The maximum Gasteiger partial charge on any atom is 0.174 e. The summed E-state index contributed by atoms with van der Waals surface area (Å²) >= 11 is 0. The van der Waals surface area contributed by atoms with E-state index in [0.717, 1.165) is 12.8 Å². The molecular weight excluding hydrogens is 272 g/mol. The number of rotatable bonds is 5. The average Bonchev–Trinajstić information content (AvgIpc) is 3.10. The topological polar surface area (TPSA) is 34.1 Å². The number of benzene rings is 2. The third-order valence-corrected chi connectivity index (χ3v) is 4.16. The fourth-order valence-electron chi connectivity index (χ4n) is 3.01. The molecule has 0 amide bonds. The first kappa shape index (κ1) is 14.5. The molecule has 0 saturated carbocycles. The molecular formula is C20H18O2. The quantitative estimate of drug-likeness (QED) is 0.466. The Kier molecular flexibility index (Phi) is 4.29. The summed E-state index contributed by atoms with van der Waals surface area (Å²) in [6.45, 7) is 0. The number of Topliss-reactive ketones (excluding diaryl/α,β-unsaturated/α-hetero) is 2. The fourth-order valence-corrected chi connectivity index (χ4v) is 3.01. The lowest BCUT2D eigenvalue weighted by Gasteiger charge is -2.20. The highest BCUT2D eigenvalue weighted by molar-refractivity contribution is 6.16. The van der Waals surface area contributed by atoms with Crippen LogP contribution in [0.5, 0.6) is 0 Å². The minimum Gasteiger partial charge on any atom is -0.293 e. The van der Waals surface area contributed by atoms with Crippen molar-refractivity contribution in [1.82, 2.24) is 0 Å². The molecule has 1 unspecified atom stereocenters. The van der Waals surface area contributed by atoms with Gasteiger partial charge in [0.05, 0.1) is 5.92 Å². The van der Waals surface area contributed by atoms with Crippen molar-refractivity contribution in [3.05, 3.63) is 83.9 Å². The van der Waals surface area contributed by atoms with Gasteiger partial charge in [0.25, 0.3) is 0 Å². The number of carbonyl (C=O) groups is 2. The van der Waals surface area contributed by atoms with E-state index in [1.54, 1.807) is 24.3 Å². The van der Waals surface area contributed by atoms with Gasteiger partial charge in [-0.25, -0.2) is 0 Å². The summed E-state index contributed by atoms with van der Waals surface area (Å²) in [6, 6.07) is 18.2. The van der Waals surface area contributed by atoms with Crippen LogP contribution in [-0.4, -0.2) is 11.6 Å². The summed E-state index contributed by atoms with van der Waals surface area (Å²) in [7, 11) is 0. The molecule has 1 aliphatic rings. The minimum absolute atomic E-state index is 0.000382. The zero-order valence-electron chi connectivity index (χ0n) is 12.3. The summed E-state index contributed by atoms with van der Waals surface area (Å²) in [5.74, 6) is -0.777. The summed E-state index contributed by atoms with van der Waals surface area (Å²) in [6.07, 6.45) is 5.88. The average molecular weight is 290 g/mol. The number of hydrogen-bond acceptors (Lipinski definition) is 2. The van der Waals surface area contributed by atoms with E-state index in [-0.39, 0.29) is 17.5 Å². The van der Waals surface area contributed by atoms with Crippen molar-refractivity contribution >= 4 is 11.6 Å². The Bertz CT molecular complexity index is 635. The Morgan fingerprint density at radius 2 is 1.32 bits per heavy atom. The fraction of sp³-hybridized carbons (Fsp3) is 0.200. The number of allylic oxidation sites excluding steroid dienone is 2. The first-order chi connectivity index (χ1) is 10.8. The van der Waals surface area contributed by atoms with Gasteiger partial charge in [0, 0.05) is 11.1 Å². The van der Waals surface area contributed by atoms with Gasteiger partial charge in [-0.1, -0.05) is 72.8 Å². The molecule has 1 atom stereocenters. The molecule has 0 bridgehead atoms. The van der Waals surface area contributed by atoms with Crippen molar-refractivity contribution in [3.8, 4) is 0 Å². The maximum absolute atomic E-state index is 12.9. The van der Waals surface area contributed by atoms with Crippen molar-refractivity contribution < 1.29 is 9.59 Å². The Morgan fingerprint density at radius 3 is 1.73 bits per heavy atom. The Morgan fingerprint density at radius 1 is 0.818 bits per heavy atom. The van der Waals surface area contributed by atoms with Crippen LogP contribution in [0, 0.1) is 11.8 Å². The highest BCUT2D eigenvalue weighted by atomic mass is 16.2. The number of carbonyl (C=O) groups excluding carboxylic acids is 2. The molecule has 0 heterocycles. The van der Waals surface area contributed by atoms with Crippen LogP contribution in [0.2, 0.25) is 0 Å². The van der Waals surface area contributed by atoms with Crippen molar-refractivity contribution in [2.45, 2.75) is 12.8 Å². The van der Waals surface area contributed by atoms with Crippen molar-refractivity contribution in [3.63, 3.8) is 0 Å². The molecule has 0 fully saturated rings. The van der Waals surface area contributed by atoms with Crippen LogP contribution >= 0.6 is 0 Å². The summed E-state index contributed by atoms with van der Waals surface area (Å²) in [5.41, 5.74) is 1.22. The number of hydrogen-bond donors (Lipinski definition) is 0. The van der Waals surface area contributed by atoms with Gasteiger partial charge >= 0.3 is 0 Å². The molecule has 0 N–H and O–H groups in total. The zero-order valence-corrected chi connectivity index (χ0v) is 12.3. The molecule has 2 aromatic rings. The van der Waals surface area contributed by atoms with Gasteiger partial charge in [0.15, 0.2) is 11.6 Å². The smallest absolute Gasteiger partial charge is 0.174 e. The minimum atomic E-state index is -0.622. The van der Waals surface area contributed by atoms with E-state index in [0.29, 0.717) is 11.1 Å². The van der Waals surface area contributed by atoms with Gasteiger partial charge < -0.3 is 0 Å². The van der Waals surface area contributed by atoms with Crippen LogP contribution in [0.15, 0.2) is 72.8 Å². The molecule has 0 aromatic heterocycles. The molecule has 2 heteroatoms. The molecule has 0 spiro atoms. The summed E-state index contributed by atoms with van der Waals surface area (Å²) in [4.78, 5) is 25.8. The third kappa shape index (κ3) is 2.91. The van der Waals surface area contributed by atoms with Gasteiger partial charge in [-0.05, 0) is 18.8 Å². The van der Waals surface area contributed by atoms with E-state index in [1.165, 1.54) is 0 Å². The van der Waals surface area contributed by atoms with Crippen molar-refractivity contribution in [1.29, 1.82) is 0 Å². The number of ketones is 2. The monoisotopic (exact) mass is 290 g/mol. The van der Waals surface area contributed by atoms with E-state index in [1.807, 2.05) is 42.5 Å². The molecule has 3 rings (SSSR count). The first-order valence-corrected chi connectivity index (χ1v) is 7.62. The summed E-state index contributed by atoms with van der Waals surface area (Å²) < 4.78 is 0. The highest BCUT2D eigenvalue weighted by Gasteiger charge is 2.35. The molecule has 2 aromatic carbocycles. The Balaban J connectivity index is 1.96. The van der Waals surface area contributed by atoms with Crippen LogP contribution < -0.4 is 0 Å². The standard InChI is InChI=1S/C20H18O2/c21-19(16-11-3-1-4-12-16)18(15-9-7-8-10-15)20(22)17-13-5-2-6-14-17/h1-7,9,11-15,18H,8,10H2. The zero-order chi connectivity index (χ0) is 15.4. The summed E-state index contributed by atoms with van der Waals surface area (Å²) in [5, 5.41) is 0. The van der Waals surface area contributed by atoms with Gasteiger partial charge in [0.1, 0.15) is 0 Å². The van der Waals surface area contributed by atoms with Crippen LogP contribution in [-0.2, 0) is 0 Å². The largest absolute Gasteiger partial charge is 0.293 e.